The van der Waals surface area contributed by atoms with Crippen molar-refractivity contribution in [3.63, 3.8) is 0 Å². The fraction of sp³-hybridized carbons (Fsp3) is 0.360. The largest absolute Gasteiger partial charge is 0.465 e. The smallest absolute Gasteiger partial charge is 0.397 e. The van der Waals surface area contributed by atoms with Gasteiger partial charge in [-0.1, -0.05) is 42.5 Å². The van der Waals surface area contributed by atoms with Crippen LogP contribution in [0.1, 0.15) is 35.7 Å². The first-order valence-corrected chi connectivity index (χ1v) is 11.0. The Labute approximate surface area is 205 Å². The molecule has 2 amide bonds. The molecule has 2 aromatic carbocycles. The molecule has 1 aliphatic rings. The molecule has 0 saturated heterocycles. The van der Waals surface area contributed by atoms with Crippen LogP contribution in [0.2, 0.25) is 0 Å². The van der Waals surface area contributed by atoms with Crippen LogP contribution in [-0.4, -0.2) is 49.2 Å². The van der Waals surface area contributed by atoms with Crippen molar-refractivity contribution in [2.24, 2.45) is 5.92 Å². The van der Waals surface area contributed by atoms with Crippen LogP contribution in [0.25, 0.3) is 11.1 Å². The molecule has 1 fully saturated rings. The molecule has 0 bridgehead atoms. The fourth-order valence-corrected chi connectivity index (χ4v) is 3.88. The monoisotopic (exact) mass is 506 g/mol. The van der Waals surface area contributed by atoms with Crippen molar-refractivity contribution in [1.29, 1.82) is 0 Å². The number of carbonyl (C=O) groups excluding carboxylic acids is 4. The molecule has 0 spiro atoms. The Bertz CT molecular complexity index is 1150. The lowest BCUT2D eigenvalue weighted by atomic mass is 9.98. The molecule has 2 unspecified atom stereocenters. The van der Waals surface area contributed by atoms with Gasteiger partial charge in [0.2, 0.25) is 11.8 Å². The van der Waals surface area contributed by atoms with Crippen molar-refractivity contribution in [3.8, 4) is 11.1 Å². The topological polar surface area (TPSA) is 111 Å². The van der Waals surface area contributed by atoms with E-state index in [0.717, 1.165) is 5.56 Å². The minimum Gasteiger partial charge on any atom is -0.465 e. The summed E-state index contributed by atoms with van der Waals surface area (Å²) in [6, 6.07) is 13.9. The van der Waals surface area contributed by atoms with Crippen molar-refractivity contribution in [3.05, 3.63) is 59.7 Å². The molecule has 8 nitrogen and oxygen atoms in total. The highest BCUT2D eigenvalue weighted by Crippen LogP contribution is 2.44. The van der Waals surface area contributed by atoms with Crippen LogP contribution in [0, 0.1) is 5.92 Å². The van der Waals surface area contributed by atoms with Crippen molar-refractivity contribution >= 4 is 23.8 Å². The van der Waals surface area contributed by atoms with Gasteiger partial charge in [-0.15, -0.1) is 0 Å². The van der Waals surface area contributed by atoms with E-state index in [4.69, 9.17) is 9.47 Å². The van der Waals surface area contributed by atoms with E-state index in [2.05, 4.69) is 10.6 Å². The number of methoxy groups -OCH3 is 1. The third-order valence-corrected chi connectivity index (χ3v) is 5.77. The summed E-state index contributed by atoms with van der Waals surface area (Å²) in [5, 5.41) is 4.82. The van der Waals surface area contributed by atoms with Crippen LogP contribution in [0.5, 0.6) is 0 Å². The van der Waals surface area contributed by atoms with Gasteiger partial charge < -0.3 is 20.1 Å². The van der Waals surface area contributed by atoms with Gasteiger partial charge in [-0.05, 0) is 29.2 Å². The normalized spacial score (nSPS) is 18.6. The predicted octanol–water partition coefficient (Wildman–Crippen LogP) is 3.15. The van der Waals surface area contributed by atoms with Crippen LogP contribution < -0.4 is 10.6 Å². The lowest BCUT2D eigenvalue weighted by Crippen LogP contribution is -2.51. The number of esters is 2. The van der Waals surface area contributed by atoms with Crippen LogP contribution in [0.15, 0.2) is 48.5 Å². The average Bonchev–Trinajstić information content (AvgIpc) is 3.53. The molecule has 2 aromatic rings. The first kappa shape index (κ1) is 26.7. The zero-order chi connectivity index (χ0) is 26.5. The minimum absolute atomic E-state index is 0.0366. The molecule has 0 aromatic heterocycles. The molecule has 2 N–H and O–H groups in total. The molecule has 0 radical (unpaired) electrons. The standard InChI is InChI=1S/C25H25F3N2O6/c1-15(31)36-14-18-11-24(18,30-21(32)12-25(26,27)28)23(34)29-13-16-7-9-17(10-8-16)19-5-3-4-6-20(19)22(33)35-2/h3-10,18H,11-14H2,1-2H3,(H,29,34)(H,30,32). The predicted molar refractivity (Wildman–Crippen MR) is 121 cm³/mol. The maximum atomic E-state index is 12.9. The highest BCUT2D eigenvalue weighted by atomic mass is 19.4. The molecule has 1 aliphatic carbocycles. The van der Waals surface area contributed by atoms with E-state index in [-0.39, 0.29) is 19.6 Å². The molecule has 0 aliphatic heterocycles. The van der Waals surface area contributed by atoms with Gasteiger partial charge in [0.25, 0.3) is 0 Å². The summed E-state index contributed by atoms with van der Waals surface area (Å²) in [4.78, 5) is 47.9. The number of carbonyl (C=O) groups is 4. The lowest BCUT2D eigenvalue weighted by Gasteiger charge is -2.20. The number of halogens is 3. The van der Waals surface area contributed by atoms with Crippen molar-refractivity contribution in [2.75, 3.05) is 13.7 Å². The van der Waals surface area contributed by atoms with E-state index in [1.54, 1.807) is 48.5 Å². The zero-order valence-corrected chi connectivity index (χ0v) is 19.6. The Morgan fingerprint density at radius 3 is 2.33 bits per heavy atom. The van der Waals surface area contributed by atoms with Crippen molar-refractivity contribution in [1.82, 2.24) is 10.6 Å². The van der Waals surface area contributed by atoms with Crippen molar-refractivity contribution < 1.29 is 41.8 Å². The van der Waals surface area contributed by atoms with E-state index < -0.39 is 47.8 Å². The number of amides is 2. The third-order valence-electron chi connectivity index (χ3n) is 5.77. The summed E-state index contributed by atoms with van der Waals surface area (Å²) >= 11 is 0. The van der Waals surface area contributed by atoms with Gasteiger partial charge in [0, 0.05) is 19.4 Å². The molecule has 36 heavy (non-hydrogen) atoms. The van der Waals surface area contributed by atoms with Gasteiger partial charge in [0.15, 0.2) is 0 Å². The summed E-state index contributed by atoms with van der Waals surface area (Å²) < 4.78 is 47.5. The van der Waals surface area contributed by atoms with Gasteiger partial charge in [-0.3, -0.25) is 14.4 Å². The number of nitrogens with one attached hydrogen (secondary N) is 2. The van der Waals surface area contributed by atoms with Gasteiger partial charge in [-0.2, -0.15) is 13.2 Å². The quantitative estimate of drug-likeness (QED) is 0.506. The van der Waals surface area contributed by atoms with Crippen molar-refractivity contribution in [2.45, 2.75) is 38.0 Å². The molecule has 192 valence electrons. The second-order valence-corrected chi connectivity index (χ2v) is 8.43. The molecular weight excluding hydrogens is 481 g/mol. The minimum atomic E-state index is -4.73. The maximum Gasteiger partial charge on any atom is 0.397 e. The zero-order valence-electron chi connectivity index (χ0n) is 19.6. The first-order chi connectivity index (χ1) is 16.9. The highest BCUT2D eigenvalue weighted by molar-refractivity contribution is 5.97. The Morgan fingerprint density at radius 2 is 1.72 bits per heavy atom. The summed E-state index contributed by atoms with van der Waals surface area (Å²) in [5.41, 5.74) is 0.891. The summed E-state index contributed by atoms with van der Waals surface area (Å²) in [5.74, 6) is -3.73. The summed E-state index contributed by atoms with van der Waals surface area (Å²) in [6.45, 7) is 0.998. The lowest BCUT2D eigenvalue weighted by molar-refractivity contribution is -0.155. The van der Waals surface area contributed by atoms with E-state index in [0.29, 0.717) is 16.7 Å². The molecule has 1 saturated carbocycles. The Hall–Kier alpha value is -3.89. The third kappa shape index (κ3) is 6.61. The molecular formula is C25H25F3N2O6. The molecule has 11 heteroatoms. The molecule has 0 heterocycles. The summed E-state index contributed by atoms with van der Waals surface area (Å²) in [6.07, 6.45) is -6.41. The number of benzene rings is 2. The van der Waals surface area contributed by atoms with Gasteiger partial charge in [0.05, 0.1) is 19.3 Å². The molecule has 2 atom stereocenters. The van der Waals surface area contributed by atoms with Crippen LogP contribution in [0.4, 0.5) is 13.2 Å². The number of alkyl halides is 3. The molecule has 3 rings (SSSR count). The van der Waals surface area contributed by atoms with Crippen LogP contribution >= 0.6 is 0 Å². The average molecular weight is 506 g/mol. The highest BCUT2D eigenvalue weighted by Gasteiger charge is 2.61. The van der Waals surface area contributed by atoms with E-state index in [9.17, 15) is 32.3 Å². The summed E-state index contributed by atoms with van der Waals surface area (Å²) in [7, 11) is 1.29. The van der Waals surface area contributed by atoms with Crippen LogP contribution in [-0.2, 0) is 30.4 Å². The van der Waals surface area contributed by atoms with E-state index in [1.165, 1.54) is 14.0 Å². The first-order valence-electron chi connectivity index (χ1n) is 11.0. The second kappa shape index (κ2) is 10.8. The van der Waals surface area contributed by atoms with Crippen LogP contribution in [0.3, 0.4) is 0 Å². The van der Waals surface area contributed by atoms with E-state index in [1.807, 2.05) is 0 Å². The number of rotatable bonds is 9. The Balaban J connectivity index is 1.68. The second-order valence-electron chi connectivity index (χ2n) is 8.43. The van der Waals surface area contributed by atoms with Gasteiger partial charge >= 0.3 is 18.1 Å². The fourth-order valence-electron chi connectivity index (χ4n) is 3.88. The Morgan fingerprint density at radius 1 is 1.06 bits per heavy atom. The van der Waals surface area contributed by atoms with Gasteiger partial charge in [0.1, 0.15) is 12.0 Å². The number of hydrogen-bond donors (Lipinski definition) is 2. The van der Waals surface area contributed by atoms with E-state index >= 15 is 0 Å². The maximum absolute atomic E-state index is 12.9. The SMILES string of the molecule is COC(=O)c1ccccc1-c1ccc(CNC(=O)C2(NC(=O)CC(F)(F)F)CC2COC(C)=O)cc1. The number of ether oxygens (including phenoxy) is 2. The van der Waals surface area contributed by atoms with Gasteiger partial charge in [-0.25, -0.2) is 4.79 Å². The Kier molecular flexibility index (Phi) is 8.01. The number of hydrogen-bond acceptors (Lipinski definition) is 6.